The normalized spacial score (nSPS) is 11.7. The van der Waals surface area contributed by atoms with E-state index in [1.807, 2.05) is 19.9 Å². The summed E-state index contributed by atoms with van der Waals surface area (Å²) in [6.07, 6.45) is -4.45. The molecule has 0 aliphatic carbocycles. The van der Waals surface area contributed by atoms with Crippen molar-refractivity contribution < 1.29 is 13.2 Å². The van der Waals surface area contributed by atoms with Gasteiger partial charge < -0.3 is 0 Å². The molecular weight excluding hydrogens is 303 g/mol. The molecule has 0 saturated carbocycles. The van der Waals surface area contributed by atoms with E-state index < -0.39 is 11.7 Å². The lowest BCUT2D eigenvalue weighted by Crippen LogP contribution is -2.06. The molecule has 0 amide bonds. The number of rotatable bonds is 2. The van der Waals surface area contributed by atoms with Crippen LogP contribution in [0, 0.1) is 11.3 Å². The number of nitrogens with zero attached hydrogens (tertiary/aromatic N) is 3. The Morgan fingerprint density at radius 1 is 1.33 bits per heavy atom. The Hall–Kier alpha value is -2.00. The van der Waals surface area contributed by atoms with Gasteiger partial charge in [-0.2, -0.15) is 23.5 Å². The lowest BCUT2D eigenvalue weighted by Gasteiger charge is -2.09. The third-order valence-corrected chi connectivity index (χ3v) is 3.28. The summed E-state index contributed by atoms with van der Waals surface area (Å²) in [5.41, 5.74) is 0.0124. The summed E-state index contributed by atoms with van der Waals surface area (Å²) in [5, 5.41) is 13.3. The molecule has 1 aromatic heterocycles. The lowest BCUT2D eigenvalue weighted by atomic mass is 10.1. The van der Waals surface area contributed by atoms with Gasteiger partial charge in [0.25, 0.3) is 0 Å². The van der Waals surface area contributed by atoms with Gasteiger partial charge in [0.15, 0.2) is 5.15 Å². The first-order valence-electron chi connectivity index (χ1n) is 6.12. The van der Waals surface area contributed by atoms with E-state index in [1.54, 1.807) is 0 Å². The van der Waals surface area contributed by atoms with Crippen molar-refractivity contribution in [2.24, 2.45) is 0 Å². The monoisotopic (exact) mass is 313 g/mol. The highest BCUT2D eigenvalue weighted by molar-refractivity contribution is 6.31. The van der Waals surface area contributed by atoms with Crippen LogP contribution in [0.25, 0.3) is 5.69 Å². The first kappa shape index (κ1) is 15.4. The van der Waals surface area contributed by atoms with Crippen molar-refractivity contribution >= 4 is 11.6 Å². The first-order valence-corrected chi connectivity index (χ1v) is 6.49. The Kier molecular flexibility index (Phi) is 3.97. The molecule has 0 aliphatic heterocycles. The fourth-order valence-electron chi connectivity index (χ4n) is 1.91. The van der Waals surface area contributed by atoms with E-state index >= 15 is 0 Å². The zero-order valence-corrected chi connectivity index (χ0v) is 12.0. The average Bonchev–Trinajstić information content (AvgIpc) is 2.75. The third-order valence-electron chi connectivity index (χ3n) is 2.93. The van der Waals surface area contributed by atoms with Crippen molar-refractivity contribution in [2.45, 2.75) is 25.9 Å². The molecular formula is C14H11ClF3N3. The minimum absolute atomic E-state index is 0.0144. The molecule has 21 heavy (non-hydrogen) atoms. The second-order valence-electron chi connectivity index (χ2n) is 4.78. The van der Waals surface area contributed by atoms with Crippen molar-refractivity contribution in [3.05, 3.63) is 46.2 Å². The summed E-state index contributed by atoms with van der Waals surface area (Å²) in [7, 11) is 0. The van der Waals surface area contributed by atoms with Crippen molar-refractivity contribution in [2.75, 3.05) is 0 Å². The van der Waals surface area contributed by atoms with E-state index in [2.05, 4.69) is 5.10 Å². The van der Waals surface area contributed by atoms with Gasteiger partial charge in [-0.3, -0.25) is 0 Å². The second-order valence-corrected chi connectivity index (χ2v) is 5.14. The van der Waals surface area contributed by atoms with E-state index in [-0.39, 0.29) is 22.3 Å². The van der Waals surface area contributed by atoms with Gasteiger partial charge in [0.05, 0.1) is 16.9 Å². The zero-order valence-electron chi connectivity index (χ0n) is 11.2. The molecule has 2 rings (SSSR count). The summed E-state index contributed by atoms with van der Waals surface area (Å²) in [4.78, 5) is 0. The molecule has 3 nitrogen and oxygen atoms in total. The van der Waals surface area contributed by atoms with Crippen LogP contribution >= 0.6 is 11.6 Å². The predicted octanol–water partition coefficient (Wildman–Crippen LogP) is 4.54. The van der Waals surface area contributed by atoms with Crippen LogP contribution in [0.3, 0.4) is 0 Å². The predicted molar refractivity (Wildman–Crippen MR) is 72.4 cm³/mol. The summed E-state index contributed by atoms with van der Waals surface area (Å²) in [6, 6.07) is 6.59. The zero-order chi connectivity index (χ0) is 15.8. The Bertz CT molecular complexity index is 711. The maximum Gasteiger partial charge on any atom is 0.416 e. The number of hydrogen-bond donors (Lipinski definition) is 0. The van der Waals surface area contributed by atoms with E-state index in [0.717, 1.165) is 16.8 Å². The van der Waals surface area contributed by atoms with Crippen LogP contribution in [-0.4, -0.2) is 9.78 Å². The van der Waals surface area contributed by atoms with Crippen LogP contribution < -0.4 is 0 Å². The topological polar surface area (TPSA) is 41.6 Å². The minimum atomic E-state index is -4.45. The van der Waals surface area contributed by atoms with Gasteiger partial charge in [-0.25, -0.2) is 4.68 Å². The van der Waals surface area contributed by atoms with Crippen molar-refractivity contribution in [1.82, 2.24) is 9.78 Å². The fourth-order valence-corrected chi connectivity index (χ4v) is 2.18. The number of alkyl halides is 3. The van der Waals surface area contributed by atoms with Gasteiger partial charge in [-0.1, -0.05) is 31.5 Å². The van der Waals surface area contributed by atoms with Crippen molar-refractivity contribution in [1.29, 1.82) is 5.26 Å². The summed E-state index contributed by atoms with van der Waals surface area (Å²) >= 11 is 6.07. The number of hydrogen-bond acceptors (Lipinski definition) is 2. The van der Waals surface area contributed by atoms with Crippen LogP contribution in [0.4, 0.5) is 13.2 Å². The van der Waals surface area contributed by atoms with Gasteiger partial charge in [-0.05, 0) is 24.1 Å². The standard InChI is InChI=1S/C14H11ClF3N3/c1-8(2)12-11(7-19)13(15)21(20-12)10-5-3-4-9(6-10)14(16,17)18/h3-6,8H,1-2H3. The summed E-state index contributed by atoms with van der Waals surface area (Å²) < 4.78 is 39.4. The molecule has 0 fully saturated rings. The van der Waals surface area contributed by atoms with Gasteiger partial charge in [-0.15, -0.1) is 0 Å². The molecule has 0 atom stereocenters. The van der Waals surface area contributed by atoms with E-state index in [4.69, 9.17) is 16.9 Å². The molecule has 0 unspecified atom stereocenters. The first-order chi connectivity index (χ1) is 9.75. The second kappa shape index (κ2) is 5.41. The largest absolute Gasteiger partial charge is 0.416 e. The Morgan fingerprint density at radius 2 is 2.00 bits per heavy atom. The highest BCUT2D eigenvalue weighted by Gasteiger charge is 2.31. The molecule has 7 heteroatoms. The molecule has 2 aromatic rings. The molecule has 110 valence electrons. The minimum Gasteiger partial charge on any atom is -0.221 e. The lowest BCUT2D eigenvalue weighted by molar-refractivity contribution is -0.137. The molecule has 0 spiro atoms. The van der Waals surface area contributed by atoms with Crippen LogP contribution in [0.15, 0.2) is 24.3 Å². The van der Waals surface area contributed by atoms with Crippen molar-refractivity contribution in [3.8, 4) is 11.8 Å². The fraction of sp³-hybridized carbons (Fsp3) is 0.286. The van der Waals surface area contributed by atoms with Gasteiger partial charge in [0.1, 0.15) is 11.6 Å². The molecule has 1 heterocycles. The van der Waals surface area contributed by atoms with Gasteiger partial charge in [0, 0.05) is 0 Å². The third kappa shape index (κ3) is 2.88. The van der Waals surface area contributed by atoms with Gasteiger partial charge >= 0.3 is 6.18 Å². The van der Waals surface area contributed by atoms with E-state index in [1.165, 1.54) is 12.1 Å². The molecule has 1 aromatic carbocycles. The number of aromatic nitrogens is 2. The van der Waals surface area contributed by atoms with Crippen LogP contribution in [0.5, 0.6) is 0 Å². The highest BCUT2D eigenvalue weighted by atomic mass is 35.5. The SMILES string of the molecule is CC(C)c1nn(-c2cccc(C(F)(F)F)c2)c(Cl)c1C#N. The maximum absolute atomic E-state index is 12.7. The van der Waals surface area contributed by atoms with Crippen molar-refractivity contribution in [3.63, 3.8) is 0 Å². The Morgan fingerprint density at radius 3 is 2.48 bits per heavy atom. The van der Waals surface area contributed by atoms with Gasteiger partial charge in [0.2, 0.25) is 0 Å². The summed E-state index contributed by atoms with van der Waals surface area (Å²) in [6.45, 7) is 3.66. The highest BCUT2D eigenvalue weighted by Crippen LogP contribution is 2.32. The quantitative estimate of drug-likeness (QED) is 0.816. The number of benzene rings is 1. The average molecular weight is 314 g/mol. The molecule has 0 bridgehead atoms. The summed E-state index contributed by atoms with van der Waals surface area (Å²) in [5.74, 6) is -0.0656. The number of nitriles is 1. The Balaban J connectivity index is 2.61. The van der Waals surface area contributed by atoms with E-state index in [0.29, 0.717) is 5.69 Å². The molecule has 0 saturated heterocycles. The Labute approximate surface area is 124 Å². The number of halogens is 4. The smallest absolute Gasteiger partial charge is 0.221 e. The van der Waals surface area contributed by atoms with Crippen LogP contribution in [-0.2, 0) is 6.18 Å². The molecule has 0 aliphatic rings. The maximum atomic E-state index is 12.7. The van der Waals surface area contributed by atoms with Crippen LogP contribution in [0.1, 0.15) is 36.6 Å². The van der Waals surface area contributed by atoms with Crippen LogP contribution in [0.2, 0.25) is 5.15 Å². The molecule has 0 N–H and O–H groups in total. The molecule has 0 radical (unpaired) electrons. The van der Waals surface area contributed by atoms with E-state index in [9.17, 15) is 13.2 Å².